The summed E-state index contributed by atoms with van der Waals surface area (Å²) in [7, 11) is 3.14. The first-order chi connectivity index (χ1) is 19.3. The standard InChI is InChI=1S/C29H38FN5O5/c1-20(2)31-29(37)34(12-11-33-13-15-40-16-14-33)19-28(36)35-26(21-5-7-22(30)8-6-21)18-25(32-35)24-10-9-23(38-3)17-27(24)39-4/h5-10,17,20,26H,11-16,18-19H2,1-4H3,(H,31,37)/t26-/m0/s1. The minimum atomic E-state index is -0.468. The average Bonchev–Trinajstić information content (AvgIpc) is 3.40. The van der Waals surface area contributed by atoms with Gasteiger partial charge in [-0.25, -0.2) is 14.2 Å². The van der Waals surface area contributed by atoms with Gasteiger partial charge >= 0.3 is 6.03 Å². The van der Waals surface area contributed by atoms with Gasteiger partial charge in [-0.05, 0) is 43.7 Å². The molecular weight excluding hydrogens is 517 g/mol. The van der Waals surface area contributed by atoms with E-state index in [1.54, 1.807) is 38.5 Å². The van der Waals surface area contributed by atoms with E-state index in [2.05, 4.69) is 10.2 Å². The van der Waals surface area contributed by atoms with E-state index < -0.39 is 6.04 Å². The highest BCUT2D eigenvalue weighted by Crippen LogP contribution is 2.36. The predicted molar refractivity (Wildman–Crippen MR) is 149 cm³/mol. The molecule has 40 heavy (non-hydrogen) atoms. The van der Waals surface area contributed by atoms with Crippen LogP contribution in [0, 0.1) is 5.82 Å². The first-order valence-electron chi connectivity index (χ1n) is 13.5. The Bertz CT molecular complexity index is 1200. The Labute approximate surface area is 234 Å². The van der Waals surface area contributed by atoms with E-state index in [0.29, 0.717) is 49.9 Å². The molecule has 0 bridgehead atoms. The van der Waals surface area contributed by atoms with Gasteiger partial charge in [0.05, 0.1) is 39.2 Å². The topological polar surface area (TPSA) is 95.9 Å². The summed E-state index contributed by atoms with van der Waals surface area (Å²) in [5.74, 6) is 0.498. The lowest BCUT2D eigenvalue weighted by molar-refractivity contribution is -0.133. The van der Waals surface area contributed by atoms with Crippen LogP contribution < -0.4 is 14.8 Å². The quantitative estimate of drug-likeness (QED) is 0.484. The first-order valence-corrected chi connectivity index (χ1v) is 13.5. The molecule has 1 atom stereocenters. The summed E-state index contributed by atoms with van der Waals surface area (Å²) in [6, 6.07) is 10.6. The molecule has 2 aromatic carbocycles. The van der Waals surface area contributed by atoms with Gasteiger partial charge in [0, 0.05) is 50.3 Å². The number of halogens is 1. The fourth-order valence-electron chi connectivity index (χ4n) is 4.80. The van der Waals surface area contributed by atoms with E-state index in [9.17, 15) is 14.0 Å². The van der Waals surface area contributed by atoms with Crippen molar-refractivity contribution >= 4 is 17.6 Å². The molecular formula is C29H38FN5O5. The van der Waals surface area contributed by atoms with Crippen molar-refractivity contribution in [2.45, 2.75) is 32.4 Å². The molecule has 0 radical (unpaired) electrons. The number of hydrogen-bond acceptors (Lipinski definition) is 7. The summed E-state index contributed by atoms with van der Waals surface area (Å²) >= 11 is 0. The van der Waals surface area contributed by atoms with E-state index in [0.717, 1.165) is 24.2 Å². The Morgan fingerprint density at radius 3 is 2.50 bits per heavy atom. The van der Waals surface area contributed by atoms with Crippen molar-refractivity contribution in [1.29, 1.82) is 0 Å². The van der Waals surface area contributed by atoms with Crippen molar-refractivity contribution in [3.05, 3.63) is 59.4 Å². The second kappa shape index (κ2) is 13.6. The second-order valence-corrected chi connectivity index (χ2v) is 10.1. The molecule has 2 aliphatic rings. The second-order valence-electron chi connectivity index (χ2n) is 10.1. The zero-order valence-electron chi connectivity index (χ0n) is 23.6. The molecule has 3 amide bonds. The molecule has 4 rings (SSSR count). The van der Waals surface area contributed by atoms with Crippen LogP contribution in [0.5, 0.6) is 11.5 Å². The molecule has 0 aromatic heterocycles. The fraction of sp³-hybridized carbons (Fsp3) is 0.483. The highest BCUT2D eigenvalue weighted by atomic mass is 19.1. The number of urea groups is 1. The van der Waals surface area contributed by atoms with Gasteiger partial charge in [-0.15, -0.1) is 0 Å². The third kappa shape index (κ3) is 7.28. The van der Waals surface area contributed by atoms with Gasteiger partial charge < -0.3 is 24.4 Å². The number of nitrogens with zero attached hydrogens (tertiary/aromatic N) is 4. The zero-order chi connectivity index (χ0) is 28.6. The summed E-state index contributed by atoms with van der Waals surface area (Å²) < 4.78 is 30.1. The number of morpholine rings is 1. The van der Waals surface area contributed by atoms with E-state index >= 15 is 0 Å². The van der Waals surface area contributed by atoms with Crippen molar-refractivity contribution in [3.8, 4) is 11.5 Å². The molecule has 2 aromatic rings. The maximum atomic E-state index is 13.8. The van der Waals surface area contributed by atoms with Gasteiger partial charge in [-0.1, -0.05) is 12.1 Å². The molecule has 216 valence electrons. The van der Waals surface area contributed by atoms with Crippen LogP contribution in [0.3, 0.4) is 0 Å². The Morgan fingerprint density at radius 2 is 1.85 bits per heavy atom. The van der Waals surface area contributed by atoms with E-state index in [4.69, 9.17) is 19.3 Å². The Balaban J connectivity index is 1.60. The maximum Gasteiger partial charge on any atom is 0.318 e. The van der Waals surface area contributed by atoms with Gasteiger partial charge in [0.2, 0.25) is 0 Å². The molecule has 1 fully saturated rings. The van der Waals surface area contributed by atoms with Gasteiger partial charge in [0.25, 0.3) is 5.91 Å². The number of amides is 3. The largest absolute Gasteiger partial charge is 0.497 e. The van der Waals surface area contributed by atoms with Gasteiger partial charge in [-0.2, -0.15) is 5.10 Å². The summed E-state index contributed by atoms with van der Waals surface area (Å²) in [5, 5.41) is 9.04. The number of carbonyl (C=O) groups is 2. The zero-order valence-corrected chi connectivity index (χ0v) is 23.6. The monoisotopic (exact) mass is 555 g/mol. The van der Waals surface area contributed by atoms with Crippen LogP contribution in [-0.4, -0.2) is 98.7 Å². The highest BCUT2D eigenvalue weighted by Gasteiger charge is 2.35. The maximum absolute atomic E-state index is 13.8. The molecule has 1 saturated heterocycles. The molecule has 11 heteroatoms. The third-order valence-corrected chi connectivity index (χ3v) is 6.96. The van der Waals surface area contributed by atoms with Crippen LogP contribution in [0.25, 0.3) is 0 Å². The van der Waals surface area contributed by atoms with Crippen LogP contribution >= 0.6 is 0 Å². The van der Waals surface area contributed by atoms with Gasteiger partial charge in [0.15, 0.2) is 0 Å². The number of ether oxygens (including phenoxy) is 3. The molecule has 0 saturated carbocycles. The van der Waals surface area contributed by atoms with Crippen LogP contribution in [0.2, 0.25) is 0 Å². The SMILES string of the molecule is COc1ccc(C2=NN(C(=O)CN(CCN3CCOCC3)C(=O)NC(C)C)[C@H](c3ccc(F)cc3)C2)c(OC)c1. The Hall–Kier alpha value is -3.70. The summed E-state index contributed by atoms with van der Waals surface area (Å²) in [5.41, 5.74) is 2.12. The number of hydrogen-bond donors (Lipinski definition) is 1. The van der Waals surface area contributed by atoms with Crippen LogP contribution in [0.1, 0.15) is 37.4 Å². The van der Waals surface area contributed by atoms with Crippen molar-refractivity contribution < 1.29 is 28.2 Å². The molecule has 10 nitrogen and oxygen atoms in total. The van der Waals surface area contributed by atoms with E-state index in [-0.39, 0.29) is 30.3 Å². The predicted octanol–water partition coefficient (Wildman–Crippen LogP) is 3.27. The molecule has 0 aliphatic carbocycles. The van der Waals surface area contributed by atoms with Crippen molar-refractivity contribution in [2.24, 2.45) is 5.10 Å². The summed E-state index contributed by atoms with van der Waals surface area (Å²) in [6.07, 6.45) is 0.395. The lowest BCUT2D eigenvalue weighted by Crippen LogP contribution is -2.50. The number of benzene rings is 2. The lowest BCUT2D eigenvalue weighted by Gasteiger charge is -2.31. The van der Waals surface area contributed by atoms with Crippen LogP contribution in [-0.2, 0) is 9.53 Å². The van der Waals surface area contributed by atoms with Crippen molar-refractivity contribution in [1.82, 2.24) is 20.1 Å². The number of methoxy groups -OCH3 is 2. The summed E-state index contributed by atoms with van der Waals surface area (Å²) in [6.45, 7) is 7.47. The molecule has 0 spiro atoms. The normalized spacial score (nSPS) is 17.5. The van der Waals surface area contributed by atoms with Crippen LogP contribution in [0.15, 0.2) is 47.6 Å². The lowest BCUT2D eigenvalue weighted by atomic mass is 9.97. The third-order valence-electron chi connectivity index (χ3n) is 6.96. The minimum Gasteiger partial charge on any atom is -0.497 e. The number of rotatable bonds is 10. The summed E-state index contributed by atoms with van der Waals surface area (Å²) in [4.78, 5) is 30.7. The average molecular weight is 556 g/mol. The van der Waals surface area contributed by atoms with Gasteiger partial charge in [0.1, 0.15) is 23.9 Å². The van der Waals surface area contributed by atoms with E-state index in [1.165, 1.54) is 22.0 Å². The fourth-order valence-corrected chi connectivity index (χ4v) is 4.80. The highest BCUT2D eigenvalue weighted by molar-refractivity contribution is 6.05. The van der Waals surface area contributed by atoms with Crippen molar-refractivity contribution in [3.63, 3.8) is 0 Å². The van der Waals surface area contributed by atoms with Crippen molar-refractivity contribution in [2.75, 3.05) is 60.2 Å². The smallest absolute Gasteiger partial charge is 0.318 e. The minimum absolute atomic E-state index is 0.0839. The molecule has 2 aliphatic heterocycles. The molecule has 0 unspecified atom stereocenters. The van der Waals surface area contributed by atoms with Crippen LogP contribution in [0.4, 0.5) is 9.18 Å². The molecule has 2 heterocycles. The Morgan fingerprint density at radius 1 is 1.12 bits per heavy atom. The van der Waals surface area contributed by atoms with E-state index in [1.807, 2.05) is 19.9 Å². The number of nitrogens with one attached hydrogen (secondary N) is 1. The van der Waals surface area contributed by atoms with Gasteiger partial charge in [-0.3, -0.25) is 9.69 Å². The number of carbonyl (C=O) groups excluding carboxylic acids is 2. The first kappa shape index (κ1) is 29.3. The Kier molecular flexibility index (Phi) is 9.94. The molecule has 1 N–H and O–H groups in total. The number of hydrazone groups is 1.